The van der Waals surface area contributed by atoms with Gasteiger partial charge >= 0.3 is 0 Å². The molecule has 0 amide bonds. The smallest absolute Gasteiger partial charge is 0.223 e. The molecule has 0 bridgehead atoms. The van der Waals surface area contributed by atoms with Crippen molar-refractivity contribution < 1.29 is 0 Å². The molecule has 0 radical (unpaired) electrons. The highest BCUT2D eigenvalue weighted by Gasteiger charge is 2.16. The Hall–Kier alpha value is -2.34. The summed E-state index contributed by atoms with van der Waals surface area (Å²) in [6.07, 6.45) is 1.06. The number of benzene rings is 1. The molecule has 1 aromatic heterocycles. The maximum absolute atomic E-state index is 5.90. The third-order valence-electron chi connectivity index (χ3n) is 4.46. The van der Waals surface area contributed by atoms with Crippen LogP contribution in [-0.2, 0) is 13.0 Å². The second kappa shape index (κ2) is 7.49. The normalized spacial score (nSPS) is 15.5. The number of rotatable bonds is 5. The van der Waals surface area contributed by atoms with Gasteiger partial charge in [-0.25, -0.2) is 0 Å². The number of nitrogens with two attached hydrogens (primary N) is 1. The van der Waals surface area contributed by atoms with Crippen LogP contribution >= 0.6 is 0 Å². The molecule has 0 aliphatic carbocycles. The first-order valence-corrected chi connectivity index (χ1v) is 8.54. The van der Waals surface area contributed by atoms with Crippen LogP contribution in [0.3, 0.4) is 0 Å². The Bertz CT molecular complexity index is 662. The van der Waals surface area contributed by atoms with E-state index in [2.05, 4.69) is 63.3 Å². The molecule has 6 heteroatoms. The first-order chi connectivity index (χ1) is 11.6. The van der Waals surface area contributed by atoms with Crippen molar-refractivity contribution in [2.75, 3.05) is 49.2 Å². The van der Waals surface area contributed by atoms with Gasteiger partial charge in [0.05, 0.1) is 0 Å². The van der Waals surface area contributed by atoms with Crippen molar-refractivity contribution in [3.8, 4) is 0 Å². The standard InChI is InChI=1S/C18H26N6/c1-3-14-4-6-15(7-5-14)13-20-16-12-17(22-18(19)21-16)24-10-8-23(2)9-11-24/h4-7,12H,3,8-11,13H2,1-2H3,(H3,19,20,21,22). The maximum atomic E-state index is 5.90. The zero-order chi connectivity index (χ0) is 16.9. The van der Waals surface area contributed by atoms with Crippen LogP contribution < -0.4 is 16.0 Å². The summed E-state index contributed by atoms with van der Waals surface area (Å²) in [5, 5.41) is 3.36. The monoisotopic (exact) mass is 326 g/mol. The minimum absolute atomic E-state index is 0.315. The average Bonchev–Trinajstić information content (AvgIpc) is 2.60. The van der Waals surface area contributed by atoms with E-state index in [4.69, 9.17) is 5.73 Å². The Labute approximate surface area is 143 Å². The highest BCUT2D eigenvalue weighted by atomic mass is 15.3. The van der Waals surface area contributed by atoms with E-state index < -0.39 is 0 Å². The molecule has 2 heterocycles. The van der Waals surface area contributed by atoms with Crippen LogP contribution in [0.25, 0.3) is 0 Å². The fourth-order valence-corrected chi connectivity index (χ4v) is 2.83. The highest BCUT2D eigenvalue weighted by Crippen LogP contribution is 2.19. The van der Waals surface area contributed by atoms with E-state index >= 15 is 0 Å². The molecular weight excluding hydrogens is 300 g/mol. The van der Waals surface area contributed by atoms with Crippen LogP contribution in [0, 0.1) is 0 Å². The van der Waals surface area contributed by atoms with Gasteiger partial charge in [0.25, 0.3) is 0 Å². The largest absolute Gasteiger partial charge is 0.368 e. The van der Waals surface area contributed by atoms with Gasteiger partial charge in [-0.1, -0.05) is 31.2 Å². The van der Waals surface area contributed by atoms with E-state index in [0.717, 1.165) is 50.8 Å². The van der Waals surface area contributed by atoms with Gasteiger partial charge in [0, 0.05) is 38.8 Å². The second-order valence-electron chi connectivity index (χ2n) is 6.28. The van der Waals surface area contributed by atoms with Gasteiger partial charge in [-0.2, -0.15) is 9.97 Å². The number of nitrogens with one attached hydrogen (secondary N) is 1. The molecule has 0 unspecified atom stereocenters. The zero-order valence-electron chi connectivity index (χ0n) is 14.5. The molecule has 0 saturated carbocycles. The van der Waals surface area contributed by atoms with Gasteiger partial charge in [0.2, 0.25) is 5.95 Å². The summed E-state index contributed by atoms with van der Waals surface area (Å²) in [6.45, 7) is 6.89. The molecule has 24 heavy (non-hydrogen) atoms. The summed E-state index contributed by atoms with van der Waals surface area (Å²) in [5.74, 6) is 1.99. The SMILES string of the molecule is CCc1ccc(CNc2cc(N3CCN(C)CC3)nc(N)n2)cc1. The van der Waals surface area contributed by atoms with Crippen molar-refractivity contribution in [3.05, 3.63) is 41.5 Å². The number of aromatic nitrogens is 2. The predicted molar refractivity (Wildman–Crippen MR) is 99.3 cm³/mol. The van der Waals surface area contributed by atoms with Crippen molar-refractivity contribution in [2.24, 2.45) is 0 Å². The molecule has 1 aromatic carbocycles. The number of hydrogen-bond donors (Lipinski definition) is 2. The Balaban J connectivity index is 1.66. The fourth-order valence-electron chi connectivity index (χ4n) is 2.83. The Morgan fingerprint density at radius 2 is 1.71 bits per heavy atom. The van der Waals surface area contributed by atoms with E-state index in [0.29, 0.717) is 5.95 Å². The summed E-state index contributed by atoms with van der Waals surface area (Å²) < 4.78 is 0. The van der Waals surface area contributed by atoms with E-state index in [1.165, 1.54) is 11.1 Å². The minimum Gasteiger partial charge on any atom is -0.368 e. The lowest BCUT2D eigenvalue weighted by Crippen LogP contribution is -2.44. The highest BCUT2D eigenvalue weighted by molar-refractivity contribution is 5.53. The van der Waals surface area contributed by atoms with E-state index in [9.17, 15) is 0 Å². The molecule has 2 aromatic rings. The minimum atomic E-state index is 0.315. The Kier molecular flexibility index (Phi) is 5.15. The van der Waals surface area contributed by atoms with Crippen molar-refractivity contribution >= 4 is 17.6 Å². The van der Waals surface area contributed by atoms with Gasteiger partial charge in [-0.15, -0.1) is 0 Å². The van der Waals surface area contributed by atoms with Crippen molar-refractivity contribution in [1.29, 1.82) is 0 Å². The maximum Gasteiger partial charge on any atom is 0.223 e. The van der Waals surface area contributed by atoms with Crippen molar-refractivity contribution in [3.63, 3.8) is 0 Å². The van der Waals surface area contributed by atoms with Gasteiger partial charge in [0.15, 0.2) is 0 Å². The third-order valence-corrected chi connectivity index (χ3v) is 4.46. The number of anilines is 3. The first kappa shape index (κ1) is 16.5. The van der Waals surface area contributed by atoms with E-state index in [1.807, 2.05) is 6.07 Å². The Morgan fingerprint density at radius 3 is 2.38 bits per heavy atom. The molecule has 128 valence electrons. The first-order valence-electron chi connectivity index (χ1n) is 8.54. The molecule has 3 N–H and O–H groups in total. The number of likely N-dealkylation sites (N-methyl/N-ethyl adjacent to an activating group) is 1. The molecule has 1 saturated heterocycles. The summed E-state index contributed by atoms with van der Waals surface area (Å²) in [6, 6.07) is 10.6. The van der Waals surface area contributed by atoms with Crippen LogP contribution in [0.15, 0.2) is 30.3 Å². The second-order valence-corrected chi connectivity index (χ2v) is 6.28. The van der Waals surface area contributed by atoms with Gasteiger partial charge in [-0.05, 0) is 24.6 Å². The lowest BCUT2D eigenvalue weighted by molar-refractivity contribution is 0.312. The quantitative estimate of drug-likeness (QED) is 0.875. The third kappa shape index (κ3) is 4.14. The molecule has 1 fully saturated rings. The van der Waals surface area contributed by atoms with Crippen LogP contribution in [-0.4, -0.2) is 48.1 Å². The average molecular weight is 326 g/mol. The molecule has 1 aliphatic rings. The van der Waals surface area contributed by atoms with E-state index in [1.54, 1.807) is 0 Å². The lowest BCUT2D eigenvalue weighted by atomic mass is 10.1. The molecular formula is C18H26N6. The van der Waals surface area contributed by atoms with Gasteiger partial charge < -0.3 is 20.9 Å². The topological polar surface area (TPSA) is 70.3 Å². The van der Waals surface area contributed by atoms with Crippen molar-refractivity contribution in [1.82, 2.24) is 14.9 Å². The number of nitrogens with zero attached hydrogens (tertiary/aromatic N) is 4. The van der Waals surface area contributed by atoms with Crippen LogP contribution in [0.4, 0.5) is 17.6 Å². The lowest BCUT2D eigenvalue weighted by Gasteiger charge is -2.33. The number of hydrogen-bond acceptors (Lipinski definition) is 6. The van der Waals surface area contributed by atoms with Gasteiger partial charge in [-0.3, -0.25) is 0 Å². The summed E-state index contributed by atoms with van der Waals surface area (Å²) in [4.78, 5) is 13.3. The predicted octanol–water partition coefficient (Wildman–Crippen LogP) is 1.99. The summed E-state index contributed by atoms with van der Waals surface area (Å²) >= 11 is 0. The Morgan fingerprint density at radius 1 is 1.04 bits per heavy atom. The van der Waals surface area contributed by atoms with E-state index in [-0.39, 0.29) is 0 Å². The summed E-state index contributed by atoms with van der Waals surface area (Å²) in [7, 11) is 2.14. The summed E-state index contributed by atoms with van der Waals surface area (Å²) in [5.41, 5.74) is 8.48. The van der Waals surface area contributed by atoms with Crippen LogP contribution in [0.5, 0.6) is 0 Å². The van der Waals surface area contributed by atoms with Crippen LogP contribution in [0.2, 0.25) is 0 Å². The van der Waals surface area contributed by atoms with Crippen LogP contribution in [0.1, 0.15) is 18.1 Å². The number of piperazine rings is 1. The fraction of sp³-hybridized carbons (Fsp3) is 0.444. The zero-order valence-corrected chi connectivity index (χ0v) is 14.5. The molecule has 0 atom stereocenters. The molecule has 1 aliphatic heterocycles. The molecule has 0 spiro atoms. The van der Waals surface area contributed by atoms with Crippen molar-refractivity contribution in [2.45, 2.75) is 19.9 Å². The van der Waals surface area contributed by atoms with Gasteiger partial charge in [0.1, 0.15) is 11.6 Å². The number of nitrogen functional groups attached to an aromatic ring is 1. The molecule has 6 nitrogen and oxygen atoms in total. The molecule has 3 rings (SSSR count). The number of aryl methyl sites for hydroxylation is 1.